The molecule has 0 amide bonds. The van der Waals surface area contributed by atoms with E-state index < -0.39 is 0 Å². The Labute approximate surface area is 104 Å². The Morgan fingerprint density at radius 2 is 1.65 bits per heavy atom. The molecule has 1 aromatic carbocycles. The largest absolute Gasteiger partial charge is 0.310 e. The lowest BCUT2D eigenvalue weighted by Gasteiger charge is -2.19. The zero-order valence-electron chi connectivity index (χ0n) is 11.3. The Morgan fingerprint density at radius 3 is 2.18 bits per heavy atom. The summed E-state index contributed by atoms with van der Waals surface area (Å²) in [4.78, 5) is 0. The van der Waals surface area contributed by atoms with Crippen LogP contribution in [0.25, 0.3) is 0 Å². The van der Waals surface area contributed by atoms with Crippen molar-refractivity contribution in [1.29, 1.82) is 0 Å². The minimum absolute atomic E-state index is 0.172. The predicted octanol–water partition coefficient (Wildman–Crippen LogP) is 4.16. The Morgan fingerprint density at radius 1 is 1.06 bits per heavy atom. The van der Waals surface area contributed by atoms with Crippen LogP contribution in [0.5, 0.6) is 0 Å². The lowest BCUT2D eigenvalue weighted by Crippen LogP contribution is -2.25. The molecule has 0 aromatic heterocycles. The zero-order chi connectivity index (χ0) is 12.8. The molecule has 0 saturated carbocycles. The first kappa shape index (κ1) is 14.2. The van der Waals surface area contributed by atoms with Gasteiger partial charge in [-0.05, 0) is 49.4 Å². The molecule has 0 aliphatic rings. The molecule has 1 nitrogen and oxygen atoms in total. The van der Waals surface area contributed by atoms with Crippen molar-refractivity contribution in [2.24, 2.45) is 11.8 Å². The average molecular weight is 237 g/mol. The lowest BCUT2D eigenvalue weighted by atomic mass is 9.98. The summed E-state index contributed by atoms with van der Waals surface area (Å²) in [7, 11) is 0. The number of hydrogen-bond acceptors (Lipinski definition) is 1. The summed E-state index contributed by atoms with van der Waals surface area (Å²) in [5, 5.41) is 3.50. The van der Waals surface area contributed by atoms with Crippen LogP contribution >= 0.6 is 0 Å². The summed E-state index contributed by atoms with van der Waals surface area (Å²) in [5.74, 6) is 1.25. The topological polar surface area (TPSA) is 12.0 Å². The maximum atomic E-state index is 12.8. The number of nitrogens with one attached hydrogen (secondary N) is 1. The Balaban J connectivity index is 2.39. The normalized spacial score (nSPS) is 14.9. The molecule has 96 valence electrons. The quantitative estimate of drug-likeness (QED) is 0.783. The molecule has 0 aliphatic heterocycles. The van der Waals surface area contributed by atoms with Crippen LogP contribution in [-0.2, 0) is 0 Å². The zero-order valence-corrected chi connectivity index (χ0v) is 11.3. The number of hydrogen-bond donors (Lipinski definition) is 1. The van der Waals surface area contributed by atoms with Gasteiger partial charge in [-0.2, -0.15) is 0 Å². The van der Waals surface area contributed by atoms with Crippen molar-refractivity contribution >= 4 is 0 Å². The fraction of sp³-hybridized carbons (Fsp3) is 0.600. The maximum absolute atomic E-state index is 12.8. The molecule has 2 unspecified atom stereocenters. The molecule has 0 fully saturated rings. The second kappa shape index (κ2) is 6.75. The van der Waals surface area contributed by atoms with Crippen LogP contribution in [0.3, 0.4) is 0 Å². The van der Waals surface area contributed by atoms with Gasteiger partial charge in [-0.3, -0.25) is 0 Å². The summed E-state index contributed by atoms with van der Waals surface area (Å²) < 4.78 is 12.8. The van der Waals surface area contributed by atoms with Crippen molar-refractivity contribution in [3.8, 4) is 0 Å². The van der Waals surface area contributed by atoms with Gasteiger partial charge in [-0.25, -0.2) is 4.39 Å². The molecule has 0 saturated heterocycles. The van der Waals surface area contributed by atoms with Crippen LogP contribution in [0.2, 0.25) is 0 Å². The second-order valence-electron chi connectivity index (χ2n) is 5.42. The van der Waals surface area contributed by atoms with E-state index in [1.54, 1.807) is 0 Å². The smallest absolute Gasteiger partial charge is 0.123 e. The number of halogens is 1. The van der Waals surface area contributed by atoms with Crippen molar-refractivity contribution in [1.82, 2.24) is 5.32 Å². The summed E-state index contributed by atoms with van der Waals surface area (Å²) in [5.41, 5.74) is 1.14. The van der Waals surface area contributed by atoms with Gasteiger partial charge in [0.1, 0.15) is 5.82 Å². The van der Waals surface area contributed by atoms with Crippen molar-refractivity contribution in [2.75, 3.05) is 6.54 Å². The molecule has 0 radical (unpaired) electrons. The van der Waals surface area contributed by atoms with E-state index >= 15 is 0 Å². The van der Waals surface area contributed by atoms with Gasteiger partial charge in [0, 0.05) is 6.04 Å². The second-order valence-corrected chi connectivity index (χ2v) is 5.42. The summed E-state index contributed by atoms with van der Waals surface area (Å²) in [6, 6.07) is 7.02. The maximum Gasteiger partial charge on any atom is 0.123 e. The highest BCUT2D eigenvalue weighted by atomic mass is 19.1. The number of benzene rings is 1. The van der Waals surface area contributed by atoms with Gasteiger partial charge in [0.15, 0.2) is 0 Å². The molecule has 0 aliphatic carbocycles. The fourth-order valence-corrected chi connectivity index (χ4v) is 2.14. The van der Waals surface area contributed by atoms with Crippen LogP contribution in [0.15, 0.2) is 24.3 Å². The van der Waals surface area contributed by atoms with E-state index in [9.17, 15) is 4.39 Å². The minimum Gasteiger partial charge on any atom is -0.310 e. The van der Waals surface area contributed by atoms with Crippen molar-refractivity contribution in [2.45, 2.75) is 40.2 Å². The van der Waals surface area contributed by atoms with Crippen LogP contribution < -0.4 is 5.32 Å². The van der Waals surface area contributed by atoms with Crippen LogP contribution in [0.4, 0.5) is 4.39 Å². The molecular formula is C15H24FN. The summed E-state index contributed by atoms with van der Waals surface area (Å²) in [6.07, 6.45) is 1.24. The van der Waals surface area contributed by atoms with Crippen LogP contribution in [0, 0.1) is 17.7 Å². The van der Waals surface area contributed by atoms with Crippen molar-refractivity contribution in [3.05, 3.63) is 35.6 Å². The molecule has 2 heteroatoms. The molecule has 0 spiro atoms. The minimum atomic E-state index is -0.172. The molecule has 2 atom stereocenters. The van der Waals surface area contributed by atoms with Crippen LogP contribution in [0.1, 0.15) is 45.7 Å². The lowest BCUT2D eigenvalue weighted by molar-refractivity contribution is 0.396. The summed E-state index contributed by atoms with van der Waals surface area (Å²) in [6.45, 7) is 9.90. The molecule has 1 N–H and O–H groups in total. The van der Waals surface area contributed by atoms with E-state index in [0.29, 0.717) is 5.92 Å². The van der Waals surface area contributed by atoms with Gasteiger partial charge in [0.05, 0.1) is 0 Å². The molecular weight excluding hydrogens is 213 g/mol. The van der Waals surface area contributed by atoms with Gasteiger partial charge in [0.25, 0.3) is 0 Å². The van der Waals surface area contributed by atoms with Gasteiger partial charge in [0.2, 0.25) is 0 Å². The number of rotatable bonds is 6. The van der Waals surface area contributed by atoms with Crippen molar-refractivity contribution < 1.29 is 4.39 Å². The SMILES string of the molecule is CC(C)CC(C)CNC(C)c1ccc(F)cc1. The Hall–Kier alpha value is -0.890. The standard InChI is InChI=1S/C15H24FN/c1-11(2)9-12(3)10-17-13(4)14-5-7-15(16)8-6-14/h5-8,11-13,17H,9-10H2,1-4H3. The van der Waals surface area contributed by atoms with E-state index in [2.05, 4.69) is 33.0 Å². The van der Waals surface area contributed by atoms with Gasteiger partial charge >= 0.3 is 0 Å². The van der Waals surface area contributed by atoms with E-state index in [1.807, 2.05) is 12.1 Å². The first-order valence-corrected chi connectivity index (χ1v) is 6.48. The highest BCUT2D eigenvalue weighted by Crippen LogP contribution is 2.15. The fourth-order valence-electron chi connectivity index (χ4n) is 2.14. The first-order chi connectivity index (χ1) is 7.99. The van der Waals surface area contributed by atoms with E-state index in [1.165, 1.54) is 18.6 Å². The first-order valence-electron chi connectivity index (χ1n) is 6.48. The van der Waals surface area contributed by atoms with E-state index in [-0.39, 0.29) is 11.9 Å². The van der Waals surface area contributed by atoms with Crippen molar-refractivity contribution in [3.63, 3.8) is 0 Å². The molecule has 0 bridgehead atoms. The Bertz CT molecular complexity index is 318. The van der Waals surface area contributed by atoms with E-state index in [0.717, 1.165) is 18.0 Å². The van der Waals surface area contributed by atoms with Gasteiger partial charge < -0.3 is 5.32 Å². The third-order valence-corrected chi connectivity index (χ3v) is 3.02. The third kappa shape index (κ3) is 5.31. The highest BCUT2D eigenvalue weighted by molar-refractivity contribution is 5.19. The van der Waals surface area contributed by atoms with E-state index in [4.69, 9.17) is 0 Å². The molecule has 17 heavy (non-hydrogen) atoms. The van der Waals surface area contributed by atoms with Gasteiger partial charge in [-0.1, -0.05) is 32.9 Å². The average Bonchev–Trinajstić information content (AvgIpc) is 2.26. The summed E-state index contributed by atoms with van der Waals surface area (Å²) >= 11 is 0. The molecule has 0 heterocycles. The highest BCUT2D eigenvalue weighted by Gasteiger charge is 2.08. The molecule has 1 rings (SSSR count). The molecule has 1 aromatic rings. The van der Waals surface area contributed by atoms with Gasteiger partial charge in [-0.15, -0.1) is 0 Å². The van der Waals surface area contributed by atoms with Crippen LogP contribution in [-0.4, -0.2) is 6.54 Å². The predicted molar refractivity (Wildman–Crippen MR) is 71.4 cm³/mol. The monoisotopic (exact) mass is 237 g/mol. The Kier molecular flexibility index (Phi) is 5.63. The third-order valence-electron chi connectivity index (χ3n) is 3.02.